The summed E-state index contributed by atoms with van der Waals surface area (Å²) in [6.07, 6.45) is 1.38. The van der Waals surface area contributed by atoms with Crippen LogP contribution in [-0.2, 0) is 4.74 Å². The molecular formula is C13H26N2O2. The van der Waals surface area contributed by atoms with Crippen molar-refractivity contribution in [1.82, 2.24) is 5.43 Å². The third kappa shape index (κ3) is 7.77. The molecule has 0 fully saturated rings. The Bertz CT molecular complexity index is 283. The Hall–Kier alpha value is -1.06. The van der Waals surface area contributed by atoms with Gasteiger partial charge in [-0.25, -0.2) is 10.2 Å². The fourth-order valence-corrected chi connectivity index (χ4v) is 1.25. The van der Waals surface area contributed by atoms with Gasteiger partial charge in [0.15, 0.2) is 0 Å². The zero-order valence-corrected chi connectivity index (χ0v) is 12.2. The second-order valence-electron chi connectivity index (χ2n) is 6.17. The largest absolute Gasteiger partial charge is 0.443 e. The van der Waals surface area contributed by atoms with Crippen LogP contribution in [0.4, 0.5) is 4.79 Å². The van der Waals surface area contributed by atoms with Crippen LogP contribution in [0.2, 0.25) is 0 Å². The summed E-state index contributed by atoms with van der Waals surface area (Å²) in [6.45, 7) is 13.8. The first-order valence-corrected chi connectivity index (χ1v) is 6.12. The van der Waals surface area contributed by atoms with Crippen LogP contribution in [0.3, 0.4) is 0 Å². The monoisotopic (exact) mass is 242 g/mol. The van der Waals surface area contributed by atoms with Crippen LogP contribution in [0.15, 0.2) is 5.10 Å². The fourth-order valence-electron chi connectivity index (χ4n) is 1.25. The molecule has 1 amide bonds. The molecule has 0 radical (unpaired) electrons. The van der Waals surface area contributed by atoms with Gasteiger partial charge in [0, 0.05) is 11.1 Å². The van der Waals surface area contributed by atoms with Gasteiger partial charge in [-0.2, -0.15) is 5.10 Å². The Morgan fingerprint density at radius 3 is 2.06 bits per heavy atom. The molecule has 4 heteroatoms. The fraction of sp³-hybridized carbons (Fsp3) is 0.846. The van der Waals surface area contributed by atoms with E-state index in [-0.39, 0.29) is 5.41 Å². The Kier molecular flexibility index (Phi) is 5.66. The number of nitrogens with one attached hydrogen (secondary N) is 1. The lowest BCUT2D eigenvalue weighted by Crippen LogP contribution is -2.32. The highest BCUT2D eigenvalue weighted by Crippen LogP contribution is 2.19. The van der Waals surface area contributed by atoms with Crippen LogP contribution in [0, 0.1) is 5.41 Å². The van der Waals surface area contributed by atoms with E-state index in [9.17, 15) is 4.79 Å². The summed E-state index contributed by atoms with van der Waals surface area (Å²) in [4.78, 5) is 11.5. The quantitative estimate of drug-likeness (QED) is 0.606. The van der Waals surface area contributed by atoms with E-state index in [0.29, 0.717) is 0 Å². The van der Waals surface area contributed by atoms with E-state index in [4.69, 9.17) is 4.74 Å². The average molecular weight is 242 g/mol. The Morgan fingerprint density at radius 2 is 1.71 bits per heavy atom. The van der Waals surface area contributed by atoms with Gasteiger partial charge >= 0.3 is 6.09 Å². The molecular weight excluding hydrogens is 216 g/mol. The second kappa shape index (κ2) is 6.03. The molecule has 0 heterocycles. The summed E-state index contributed by atoms with van der Waals surface area (Å²) in [5.74, 6) is 0. The first-order valence-electron chi connectivity index (χ1n) is 6.12. The van der Waals surface area contributed by atoms with Crippen LogP contribution in [0.25, 0.3) is 0 Å². The molecule has 0 rings (SSSR count). The van der Waals surface area contributed by atoms with Crippen LogP contribution in [0.5, 0.6) is 0 Å². The zero-order chi connectivity index (χ0) is 13.7. The van der Waals surface area contributed by atoms with Gasteiger partial charge < -0.3 is 4.74 Å². The minimum absolute atomic E-state index is 0.0367. The summed E-state index contributed by atoms with van der Waals surface area (Å²) in [5, 5.41) is 4.16. The van der Waals surface area contributed by atoms with Gasteiger partial charge in [-0.1, -0.05) is 34.1 Å². The molecule has 0 unspecified atom stereocenters. The minimum Gasteiger partial charge on any atom is -0.443 e. The van der Waals surface area contributed by atoms with Crippen molar-refractivity contribution in [1.29, 1.82) is 0 Å². The highest BCUT2D eigenvalue weighted by Gasteiger charge is 2.20. The number of carbonyl (C=O) groups is 1. The van der Waals surface area contributed by atoms with Crippen molar-refractivity contribution < 1.29 is 9.53 Å². The van der Waals surface area contributed by atoms with E-state index in [0.717, 1.165) is 18.6 Å². The zero-order valence-electron chi connectivity index (χ0n) is 12.2. The predicted molar refractivity (Wildman–Crippen MR) is 71.2 cm³/mol. The maximum Gasteiger partial charge on any atom is 0.428 e. The van der Waals surface area contributed by atoms with Crippen molar-refractivity contribution >= 4 is 11.8 Å². The maximum absolute atomic E-state index is 11.5. The topological polar surface area (TPSA) is 50.7 Å². The molecule has 0 aromatic heterocycles. The van der Waals surface area contributed by atoms with Gasteiger partial charge in [0.05, 0.1) is 0 Å². The molecule has 100 valence electrons. The lowest BCUT2D eigenvalue weighted by Gasteiger charge is -2.22. The molecule has 0 saturated carbocycles. The number of hydrogen-bond donors (Lipinski definition) is 1. The number of ether oxygens (including phenoxy) is 1. The Balaban J connectivity index is 4.50. The van der Waals surface area contributed by atoms with Gasteiger partial charge in [-0.15, -0.1) is 0 Å². The summed E-state index contributed by atoms with van der Waals surface area (Å²) in [5.41, 5.74) is 2.90. The van der Waals surface area contributed by atoms with Crippen molar-refractivity contribution in [3.05, 3.63) is 0 Å². The normalized spacial score (nSPS) is 13.5. The molecule has 4 nitrogen and oxygen atoms in total. The van der Waals surface area contributed by atoms with Crippen molar-refractivity contribution in [2.75, 3.05) is 0 Å². The third-order valence-electron chi connectivity index (χ3n) is 2.03. The van der Waals surface area contributed by atoms with Gasteiger partial charge in [-0.3, -0.25) is 0 Å². The van der Waals surface area contributed by atoms with Crippen LogP contribution in [-0.4, -0.2) is 17.4 Å². The number of carbonyl (C=O) groups excluding carboxylic acids is 1. The summed E-state index contributed by atoms with van der Waals surface area (Å²) < 4.78 is 5.12. The second-order valence-corrected chi connectivity index (χ2v) is 6.17. The summed E-state index contributed by atoms with van der Waals surface area (Å²) >= 11 is 0. The Labute approximate surface area is 105 Å². The van der Waals surface area contributed by atoms with E-state index in [1.807, 2.05) is 20.8 Å². The lowest BCUT2D eigenvalue weighted by atomic mass is 9.87. The molecule has 0 aliphatic carbocycles. The minimum atomic E-state index is -0.504. The maximum atomic E-state index is 11.5. The van der Waals surface area contributed by atoms with Crippen molar-refractivity contribution in [2.24, 2.45) is 10.5 Å². The van der Waals surface area contributed by atoms with Crippen molar-refractivity contribution in [2.45, 2.75) is 66.9 Å². The Morgan fingerprint density at radius 1 is 1.18 bits per heavy atom. The highest BCUT2D eigenvalue weighted by molar-refractivity contribution is 5.89. The average Bonchev–Trinajstić information content (AvgIpc) is 2.07. The molecule has 0 saturated heterocycles. The van der Waals surface area contributed by atoms with E-state index in [1.165, 1.54) is 0 Å². The molecule has 0 aliphatic heterocycles. The smallest absolute Gasteiger partial charge is 0.428 e. The van der Waals surface area contributed by atoms with Crippen LogP contribution in [0.1, 0.15) is 61.3 Å². The van der Waals surface area contributed by atoms with Crippen molar-refractivity contribution in [3.8, 4) is 0 Å². The van der Waals surface area contributed by atoms with E-state index >= 15 is 0 Å². The first-order chi connectivity index (χ1) is 7.56. The molecule has 17 heavy (non-hydrogen) atoms. The van der Waals surface area contributed by atoms with E-state index in [2.05, 4.69) is 38.2 Å². The molecule has 0 spiro atoms. The van der Waals surface area contributed by atoms with E-state index < -0.39 is 11.7 Å². The molecule has 0 atom stereocenters. The molecule has 0 bridgehead atoms. The lowest BCUT2D eigenvalue weighted by molar-refractivity contribution is 0.0528. The van der Waals surface area contributed by atoms with Crippen LogP contribution >= 0.6 is 0 Å². The number of hydrazone groups is 1. The van der Waals surface area contributed by atoms with Crippen molar-refractivity contribution in [3.63, 3.8) is 0 Å². The number of rotatable bonds is 3. The predicted octanol–water partition coefficient (Wildman–Crippen LogP) is 3.71. The van der Waals surface area contributed by atoms with Gasteiger partial charge in [0.2, 0.25) is 0 Å². The number of hydrogen-bond acceptors (Lipinski definition) is 3. The molecule has 0 aliphatic rings. The van der Waals surface area contributed by atoms with Crippen LogP contribution < -0.4 is 5.43 Å². The standard InChI is InChI=1S/C13H26N2O2/c1-8-9-10(12(2,3)4)14-15-11(16)17-13(5,6)7/h8-9H2,1-7H3,(H,15,16)/b14-10-. The third-order valence-corrected chi connectivity index (χ3v) is 2.03. The number of amides is 1. The molecule has 1 N–H and O–H groups in total. The first kappa shape index (κ1) is 15.9. The van der Waals surface area contributed by atoms with Gasteiger partial charge in [0.1, 0.15) is 5.60 Å². The summed E-state index contributed by atoms with van der Waals surface area (Å²) in [6, 6.07) is 0. The highest BCUT2D eigenvalue weighted by atomic mass is 16.6. The molecule has 0 aromatic carbocycles. The number of nitrogens with zero attached hydrogens (tertiary/aromatic N) is 1. The van der Waals surface area contributed by atoms with Gasteiger partial charge in [-0.05, 0) is 27.2 Å². The summed E-state index contributed by atoms with van der Waals surface area (Å²) in [7, 11) is 0. The van der Waals surface area contributed by atoms with E-state index in [1.54, 1.807) is 0 Å². The SMILES string of the molecule is CCC/C(=N/NC(=O)OC(C)(C)C)C(C)(C)C. The molecule has 0 aromatic rings. The van der Waals surface area contributed by atoms with Gasteiger partial charge in [0.25, 0.3) is 0 Å².